The summed E-state index contributed by atoms with van der Waals surface area (Å²) < 4.78 is 10.7. The molecule has 1 unspecified atom stereocenters. The highest BCUT2D eigenvalue weighted by atomic mass is 16.7. The van der Waals surface area contributed by atoms with E-state index in [1.165, 1.54) is 0 Å². The van der Waals surface area contributed by atoms with Gasteiger partial charge in [-0.3, -0.25) is 4.79 Å². The standard InChI is InChI=1S/C11H20O6/c1-6(3-4-10(14)15)16-11-9(13)5-8(12)7(2)17-11/h6-9,11-13H,3-5H2,1-2H3,(H,14,15)/t6?,7-,8+,9+,11+/m0/s1. The summed E-state index contributed by atoms with van der Waals surface area (Å²) in [5.74, 6) is -0.880. The molecule has 1 aliphatic heterocycles. The summed E-state index contributed by atoms with van der Waals surface area (Å²) in [6, 6.07) is 0. The molecular weight excluding hydrogens is 228 g/mol. The molecular formula is C11H20O6. The van der Waals surface area contributed by atoms with Crippen LogP contribution in [0.4, 0.5) is 0 Å². The van der Waals surface area contributed by atoms with Gasteiger partial charge >= 0.3 is 5.97 Å². The van der Waals surface area contributed by atoms with Gasteiger partial charge in [0.2, 0.25) is 0 Å². The van der Waals surface area contributed by atoms with Gasteiger partial charge in [-0.1, -0.05) is 0 Å². The molecule has 1 fully saturated rings. The Kier molecular flexibility index (Phi) is 5.32. The van der Waals surface area contributed by atoms with Crippen LogP contribution in [0.25, 0.3) is 0 Å². The number of carbonyl (C=O) groups is 1. The summed E-state index contributed by atoms with van der Waals surface area (Å²) >= 11 is 0. The number of aliphatic carboxylic acids is 1. The lowest BCUT2D eigenvalue weighted by atomic mass is 10.0. The van der Waals surface area contributed by atoms with E-state index in [-0.39, 0.29) is 18.9 Å². The van der Waals surface area contributed by atoms with Gasteiger partial charge in [-0.25, -0.2) is 0 Å². The van der Waals surface area contributed by atoms with Crippen molar-refractivity contribution < 1.29 is 29.6 Å². The van der Waals surface area contributed by atoms with Crippen LogP contribution in [-0.4, -0.2) is 52.0 Å². The third-order valence-corrected chi connectivity index (χ3v) is 2.82. The van der Waals surface area contributed by atoms with Gasteiger partial charge in [0.15, 0.2) is 6.29 Å². The predicted molar refractivity (Wildman–Crippen MR) is 58.4 cm³/mol. The van der Waals surface area contributed by atoms with Crippen molar-refractivity contribution in [2.24, 2.45) is 0 Å². The fourth-order valence-corrected chi connectivity index (χ4v) is 1.69. The van der Waals surface area contributed by atoms with Gasteiger partial charge in [0.05, 0.1) is 18.3 Å². The first-order valence-electron chi connectivity index (χ1n) is 5.79. The molecule has 0 radical (unpaired) electrons. The summed E-state index contributed by atoms with van der Waals surface area (Å²) in [5.41, 5.74) is 0. The van der Waals surface area contributed by atoms with Crippen LogP contribution >= 0.6 is 0 Å². The van der Waals surface area contributed by atoms with E-state index in [4.69, 9.17) is 14.6 Å². The number of carboxylic acids is 1. The van der Waals surface area contributed by atoms with Crippen molar-refractivity contribution in [3.63, 3.8) is 0 Å². The first kappa shape index (κ1) is 14.4. The van der Waals surface area contributed by atoms with E-state index in [0.717, 1.165) is 0 Å². The molecule has 5 atom stereocenters. The number of hydrogen-bond acceptors (Lipinski definition) is 5. The van der Waals surface area contributed by atoms with E-state index in [0.29, 0.717) is 6.42 Å². The Morgan fingerprint density at radius 2 is 2.12 bits per heavy atom. The molecule has 1 heterocycles. The first-order valence-corrected chi connectivity index (χ1v) is 5.79. The molecule has 17 heavy (non-hydrogen) atoms. The third-order valence-electron chi connectivity index (χ3n) is 2.82. The normalized spacial score (nSPS) is 35.5. The van der Waals surface area contributed by atoms with Crippen molar-refractivity contribution in [3.05, 3.63) is 0 Å². The zero-order valence-corrected chi connectivity index (χ0v) is 10.1. The molecule has 0 aromatic rings. The maximum atomic E-state index is 10.4. The van der Waals surface area contributed by atoms with E-state index in [1.54, 1.807) is 13.8 Å². The van der Waals surface area contributed by atoms with E-state index >= 15 is 0 Å². The average molecular weight is 248 g/mol. The molecule has 0 saturated carbocycles. The smallest absolute Gasteiger partial charge is 0.303 e. The van der Waals surface area contributed by atoms with Crippen LogP contribution in [0.1, 0.15) is 33.1 Å². The second-order valence-corrected chi connectivity index (χ2v) is 4.46. The van der Waals surface area contributed by atoms with E-state index in [9.17, 15) is 15.0 Å². The molecule has 0 aliphatic carbocycles. The SMILES string of the molecule is CC(CCC(=O)O)O[C@@H]1O[C@@H](C)[C@H](O)C[C@H]1O. The van der Waals surface area contributed by atoms with Crippen molar-refractivity contribution in [2.45, 2.75) is 63.8 Å². The number of ether oxygens (including phenoxy) is 2. The van der Waals surface area contributed by atoms with Crippen molar-refractivity contribution in [1.82, 2.24) is 0 Å². The first-order chi connectivity index (χ1) is 7.90. The maximum Gasteiger partial charge on any atom is 0.303 e. The fraction of sp³-hybridized carbons (Fsp3) is 0.909. The Labute approximate surface area is 100 Å². The minimum Gasteiger partial charge on any atom is -0.481 e. The van der Waals surface area contributed by atoms with Crippen LogP contribution in [0.5, 0.6) is 0 Å². The number of aliphatic hydroxyl groups excluding tert-OH is 2. The van der Waals surface area contributed by atoms with Crippen LogP contribution < -0.4 is 0 Å². The Balaban J connectivity index is 2.37. The summed E-state index contributed by atoms with van der Waals surface area (Å²) in [5, 5.41) is 27.6. The lowest BCUT2D eigenvalue weighted by Crippen LogP contribution is -2.48. The van der Waals surface area contributed by atoms with Crippen LogP contribution in [0.2, 0.25) is 0 Å². The number of aliphatic hydroxyl groups is 2. The Morgan fingerprint density at radius 1 is 1.47 bits per heavy atom. The molecule has 0 bridgehead atoms. The molecule has 6 nitrogen and oxygen atoms in total. The molecule has 0 aromatic heterocycles. The maximum absolute atomic E-state index is 10.4. The quantitative estimate of drug-likeness (QED) is 0.639. The Bertz CT molecular complexity index is 256. The lowest BCUT2D eigenvalue weighted by molar-refractivity contribution is -0.273. The fourth-order valence-electron chi connectivity index (χ4n) is 1.69. The molecule has 1 rings (SSSR count). The largest absolute Gasteiger partial charge is 0.481 e. The van der Waals surface area contributed by atoms with Crippen molar-refractivity contribution in [1.29, 1.82) is 0 Å². The highest BCUT2D eigenvalue weighted by Crippen LogP contribution is 2.22. The van der Waals surface area contributed by atoms with Crippen molar-refractivity contribution in [2.75, 3.05) is 0 Å². The van der Waals surface area contributed by atoms with Crippen LogP contribution in [0.3, 0.4) is 0 Å². The third kappa shape index (κ3) is 4.59. The second-order valence-electron chi connectivity index (χ2n) is 4.46. The van der Waals surface area contributed by atoms with Gasteiger partial charge in [0.1, 0.15) is 6.10 Å². The number of carboxylic acid groups (broad SMARTS) is 1. The predicted octanol–water partition coefficient (Wildman–Crippen LogP) is 0.113. The summed E-state index contributed by atoms with van der Waals surface area (Å²) in [7, 11) is 0. The highest BCUT2D eigenvalue weighted by molar-refractivity contribution is 5.66. The zero-order chi connectivity index (χ0) is 13.0. The van der Waals surface area contributed by atoms with E-state index in [1.807, 2.05) is 0 Å². The molecule has 0 aromatic carbocycles. The average Bonchev–Trinajstić information content (AvgIpc) is 2.23. The molecule has 0 spiro atoms. The summed E-state index contributed by atoms with van der Waals surface area (Å²) in [6.45, 7) is 3.43. The Hall–Kier alpha value is -0.690. The van der Waals surface area contributed by atoms with Gasteiger partial charge in [-0.05, 0) is 20.3 Å². The van der Waals surface area contributed by atoms with Gasteiger partial charge < -0.3 is 24.8 Å². The van der Waals surface area contributed by atoms with Crippen molar-refractivity contribution >= 4 is 5.97 Å². The van der Waals surface area contributed by atoms with Crippen LogP contribution in [-0.2, 0) is 14.3 Å². The number of hydrogen-bond donors (Lipinski definition) is 3. The number of rotatable bonds is 5. The van der Waals surface area contributed by atoms with Gasteiger partial charge in [-0.2, -0.15) is 0 Å². The second kappa shape index (κ2) is 6.30. The van der Waals surface area contributed by atoms with E-state index < -0.39 is 30.6 Å². The van der Waals surface area contributed by atoms with Crippen LogP contribution in [0.15, 0.2) is 0 Å². The Morgan fingerprint density at radius 3 is 2.71 bits per heavy atom. The molecule has 3 N–H and O–H groups in total. The minimum atomic E-state index is -0.881. The topological polar surface area (TPSA) is 96.2 Å². The molecule has 6 heteroatoms. The monoisotopic (exact) mass is 248 g/mol. The summed E-state index contributed by atoms with van der Waals surface area (Å²) in [6.07, 6.45) is -2.49. The van der Waals surface area contributed by atoms with Crippen molar-refractivity contribution in [3.8, 4) is 0 Å². The highest BCUT2D eigenvalue weighted by Gasteiger charge is 2.35. The zero-order valence-electron chi connectivity index (χ0n) is 10.1. The lowest BCUT2D eigenvalue weighted by Gasteiger charge is -2.36. The summed E-state index contributed by atoms with van der Waals surface area (Å²) in [4.78, 5) is 10.4. The molecule has 0 amide bonds. The molecule has 100 valence electrons. The van der Waals surface area contributed by atoms with Crippen LogP contribution in [0, 0.1) is 0 Å². The molecule has 1 saturated heterocycles. The minimum absolute atomic E-state index is 0.0160. The van der Waals surface area contributed by atoms with Gasteiger partial charge in [-0.15, -0.1) is 0 Å². The molecule has 1 aliphatic rings. The van der Waals surface area contributed by atoms with Gasteiger partial charge in [0, 0.05) is 12.8 Å². The van der Waals surface area contributed by atoms with E-state index in [2.05, 4.69) is 0 Å². The van der Waals surface area contributed by atoms with Gasteiger partial charge in [0.25, 0.3) is 0 Å².